The Balaban J connectivity index is 1.72. The lowest BCUT2D eigenvalue weighted by atomic mass is 9.74. The molecule has 5 rings (SSSR count). The summed E-state index contributed by atoms with van der Waals surface area (Å²) in [5.74, 6) is 0.348. The zero-order chi connectivity index (χ0) is 25.4. The Labute approximate surface area is 211 Å². The lowest BCUT2D eigenvalue weighted by Crippen LogP contribution is -2.30. The molecule has 2 aliphatic heterocycles. The largest absolute Gasteiger partial charge is 0.478 e. The monoisotopic (exact) mass is 488 g/mol. The molecule has 0 spiro atoms. The van der Waals surface area contributed by atoms with Crippen LogP contribution >= 0.6 is 0 Å². The van der Waals surface area contributed by atoms with E-state index >= 15 is 0 Å². The second-order valence-corrected chi connectivity index (χ2v) is 9.17. The van der Waals surface area contributed by atoms with Gasteiger partial charge < -0.3 is 25.6 Å². The molecule has 0 aromatic heterocycles. The third-order valence-electron chi connectivity index (χ3n) is 7.42. The summed E-state index contributed by atoms with van der Waals surface area (Å²) in [6.07, 6.45) is 6.42. The minimum atomic E-state index is -0.949. The van der Waals surface area contributed by atoms with Gasteiger partial charge in [-0.25, -0.2) is 9.37 Å². The fourth-order valence-corrected chi connectivity index (χ4v) is 5.51. The van der Waals surface area contributed by atoms with Crippen LogP contribution in [0.5, 0.6) is 5.75 Å². The summed E-state index contributed by atoms with van der Waals surface area (Å²) in [5, 5.41) is 10.2. The van der Waals surface area contributed by atoms with Gasteiger partial charge in [-0.3, -0.25) is 0 Å². The van der Waals surface area contributed by atoms with Crippen LogP contribution in [-0.4, -0.2) is 47.5 Å². The van der Waals surface area contributed by atoms with E-state index in [0.717, 1.165) is 65.9 Å². The lowest BCUT2D eigenvalue weighted by Gasteiger charge is -2.36. The van der Waals surface area contributed by atoms with Gasteiger partial charge in [0.1, 0.15) is 24.6 Å². The first-order chi connectivity index (χ1) is 17.5. The van der Waals surface area contributed by atoms with E-state index in [0.29, 0.717) is 5.69 Å². The van der Waals surface area contributed by atoms with Crippen LogP contribution in [0.4, 0.5) is 17.1 Å². The third-order valence-corrected chi connectivity index (χ3v) is 7.42. The van der Waals surface area contributed by atoms with Gasteiger partial charge in [0.2, 0.25) is 5.71 Å². The van der Waals surface area contributed by atoms with Crippen LogP contribution in [0.25, 0.3) is 0 Å². The number of nitrogens with zero attached hydrogens (tertiary/aromatic N) is 2. The normalized spacial score (nSPS) is 19.2. The predicted molar refractivity (Wildman–Crippen MR) is 143 cm³/mol. The van der Waals surface area contributed by atoms with E-state index in [1.165, 1.54) is 0 Å². The molecule has 8 heteroatoms. The van der Waals surface area contributed by atoms with Crippen molar-refractivity contribution >= 4 is 28.7 Å². The van der Waals surface area contributed by atoms with Crippen molar-refractivity contribution in [2.24, 2.45) is 5.92 Å². The van der Waals surface area contributed by atoms with Crippen molar-refractivity contribution in [1.82, 2.24) is 5.53 Å². The summed E-state index contributed by atoms with van der Waals surface area (Å²) < 4.78 is 8.87. The summed E-state index contributed by atoms with van der Waals surface area (Å²) in [7, 11) is 0. The Kier molecular flexibility index (Phi) is 6.45. The molecule has 0 fully saturated rings. The molecule has 2 heterocycles. The molecule has 2 aromatic rings. The number of hydrogen-bond acceptors (Lipinski definition) is 6. The van der Waals surface area contributed by atoms with Crippen LogP contribution in [-0.2, 0) is 0 Å². The van der Waals surface area contributed by atoms with E-state index in [4.69, 9.17) is 4.74 Å². The second kappa shape index (κ2) is 9.70. The van der Waals surface area contributed by atoms with Crippen LogP contribution in [0.1, 0.15) is 55.1 Å². The zero-order valence-electron chi connectivity index (χ0n) is 21.3. The van der Waals surface area contributed by atoms with Gasteiger partial charge in [-0.05, 0) is 51.5 Å². The predicted octanol–water partition coefficient (Wildman–Crippen LogP) is 4.58. The molecule has 8 nitrogen and oxygen atoms in total. The van der Waals surface area contributed by atoms with Gasteiger partial charge in [0, 0.05) is 54.4 Å². The average Bonchev–Trinajstić information content (AvgIpc) is 3.35. The number of rotatable bonds is 7. The molecule has 0 unspecified atom stereocenters. The Morgan fingerprint density at radius 1 is 1.03 bits per heavy atom. The molecule has 0 saturated heterocycles. The fraction of sp³-hybridized carbons (Fsp3) is 0.357. The number of hydrazine groups is 2. The first kappa shape index (κ1) is 23.9. The Morgan fingerprint density at radius 2 is 1.75 bits per heavy atom. The van der Waals surface area contributed by atoms with Crippen LogP contribution in [0.2, 0.25) is 0 Å². The first-order valence-corrected chi connectivity index (χ1v) is 12.8. The molecule has 0 saturated carbocycles. The van der Waals surface area contributed by atoms with Gasteiger partial charge in [-0.1, -0.05) is 12.1 Å². The Hall–Kier alpha value is -3.78. The number of carbonyl (C=O) groups is 1. The summed E-state index contributed by atoms with van der Waals surface area (Å²) in [5.41, 5.74) is 14.7. The van der Waals surface area contributed by atoms with Crippen molar-refractivity contribution in [3.8, 4) is 5.75 Å². The van der Waals surface area contributed by atoms with Crippen molar-refractivity contribution in [2.45, 2.75) is 33.6 Å². The van der Waals surface area contributed by atoms with Crippen molar-refractivity contribution < 1.29 is 19.2 Å². The highest BCUT2D eigenvalue weighted by molar-refractivity contribution is 6.02. The lowest BCUT2D eigenvalue weighted by molar-refractivity contribution is -0.519. The maximum absolute atomic E-state index is 12.4. The number of hydrogen-bond donors (Lipinski definition) is 4. The van der Waals surface area contributed by atoms with Crippen molar-refractivity contribution in [3.05, 3.63) is 71.0 Å². The number of benzene rings is 2. The highest BCUT2D eigenvalue weighted by Crippen LogP contribution is 2.50. The molecule has 0 radical (unpaired) electrons. The van der Waals surface area contributed by atoms with E-state index in [1.807, 2.05) is 6.07 Å². The second-order valence-electron chi connectivity index (χ2n) is 9.17. The van der Waals surface area contributed by atoms with Gasteiger partial charge in [0.05, 0.1) is 16.9 Å². The Bertz CT molecular complexity index is 1290. The van der Waals surface area contributed by atoms with Crippen LogP contribution in [0.3, 0.4) is 0 Å². The number of anilines is 3. The Morgan fingerprint density at radius 3 is 2.42 bits per heavy atom. The van der Waals surface area contributed by atoms with Gasteiger partial charge in [-0.15, -0.1) is 5.53 Å². The number of aromatic carboxylic acids is 1. The van der Waals surface area contributed by atoms with Crippen LogP contribution < -0.4 is 26.0 Å². The van der Waals surface area contributed by atoms with Gasteiger partial charge >= 0.3 is 5.97 Å². The van der Waals surface area contributed by atoms with E-state index in [1.54, 1.807) is 6.07 Å². The van der Waals surface area contributed by atoms with E-state index in [-0.39, 0.29) is 17.4 Å². The minimum absolute atomic E-state index is 0.116. The molecular formula is C28H34N5O3+. The SMILES string of the molecule is CCN(CC)c1ccc2c(c1)OC1=CC(=[N+](CC)CC)C=C[C@@H]1[C@@H]2c1cc2c(cc1C(=O)O)NNN2. The highest BCUT2D eigenvalue weighted by atomic mass is 16.5. The number of nitrogens with one attached hydrogen (secondary N) is 3. The van der Waals surface area contributed by atoms with Gasteiger partial charge in [0.25, 0.3) is 0 Å². The smallest absolute Gasteiger partial charge is 0.336 e. The molecule has 1 aliphatic carbocycles. The van der Waals surface area contributed by atoms with Gasteiger partial charge in [0.15, 0.2) is 0 Å². The van der Waals surface area contributed by atoms with E-state index in [2.05, 4.69) is 90.0 Å². The number of fused-ring (bicyclic) bond motifs is 3. The topological polar surface area (TPSA) is 88.9 Å². The molecule has 0 bridgehead atoms. The standard InChI is InChI=1S/C28H33N5O3/c1-5-32(6-2)17-9-11-19-25(13-17)36-26-14-18(33(7-3)8-4)10-12-20(26)27(19)21-15-23-24(30-31-29-23)16-22(21)28(34)35/h9-16,19,27,29-31H,5-8H2,1-4H3/p+1/t19-,27-/m0/s1. The third kappa shape index (κ3) is 4.01. The first-order valence-electron chi connectivity index (χ1n) is 12.8. The number of allylic oxidation sites excluding steroid dienone is 3. The molecule has 4 N–H and O–H groups in total. The molecule has 2 atom stereocenters. The van der Waals surface area contributed by atoms with Crippen LogP contribution in [0.15, 0.2) is 54.3 Å². The molecule has 3 aliphatic rings. The quantitative estimate of drug-likeness (QED) is 0.425. The van der Waals surface area contributed by atoms with Crippen molar-refractivity contribution in [1.29, 1.82) is 0 Å². The molecule has 36 heavy (non-hydrogen) atoms. The summed E-state index contributed by atoms with van der Waals surface area (Å²) in [6.45, 7) is 12.2. The summed E-state index contributed by atoms with van der Waals surface area (Å²) in [4.78, 5) is 14.7. The highest BCUT2D eigenvalue weighted by Gasteiger charge is 2.39. The molecule has 0 amide bonds. The molecule has 2 aromatic carbocycles. The average molecular weight is 489 g/mol. The fourth-order valence-electron chi connectivity index (χ4n) is 5.51. The maximum atomic E-state index is 12.4. The van der Waals surface area contributed by atoms with E-state index in [9.17, 15) is 9.90 Å². The van der Waals surface area contributed by atoms with Crippen LogP contribution in [0, 0.1) is 5.92 Å². The minimum Gasteiger partial charge on any atom is -0.478 e. The number of carboxylic acid groups (broad SMARTS) is 1. The summed E-state index contributed by atoms with van der Waals surface area (Å²) in [6, 6.07) is 9.95. The molecule has 188 valence electrons. The van der Waals surface area contributed by atoms with Crippen molar-refractivity contribution in [2.75, 3.05) is 41.9 Å². The van der Waals surface area contributed by atoms with E-state index < -0.39 is 5.97 Å². The zero-order valence-corrected chi connectivity index (χ0v) is 21.3. The maximum Gasteiger partial charge on any atom is 0.336 e. The molecular weight excluding hydrogens is 454 g/mol. The number of carboxylic acids is 1. The van der Waals surface area contributed by atoms with Crippen molar-refractivity contribution in [3.63, 3.8) is 0 Å². The number of ether oxygens (including phenoxy) is 1. The van der Waals surface area contributed by atoms with Gasteiger partial charge in [-0.2, -0.15) is 0 Å². The summed E-state index contributed by atoms with van der Waals surface area (Å²) >= 11 is 0.